The van der Waals surface area contributed by atoms with E-state index in [4.69, 9.17) is 17.0 Å². The van der Waals surface area contributed by atoms with Crippen LogP contribution in [0.5, 0.6) is 0 Å². The number of hydrogen-bond donors (Lipinski definition) is 1. The minimum atomic E-state index is 0.0602. The Hall–Kier alpha value is -1.92. The Bertz CT molecular complexity index is 743. The van der Waals surface area contributed by atoms with Gasteiger partial charge in [-0.3, -0.25) is 4.98 Å². The Morgan fingerprint density at radius 1 is 1.32 bits per heavy atom. The summed E-state index contributed by atoms with van der Waals surface area (Å²) in [6, 6.07) is 8.53. The zero-order valence-electron chi connectivity index (χ0n) is 15.3. The molecule has 1 saturated heterocycles. The maximum atomic E-state index is 5.61. The van der Waals surface area contributed by atoms with Crippen LogP contribution in [0, 0.1) is 13.8 Å². The molecule has 1 fully saturated rings. The molecule has 2 atom stereocenters. The SMILES string of the molecule is CCN1C(=S)N[C@@H](c2ccccn2)[C@H]1c1cc(C)n(CCOC)c1C. The van der Waals surface area contributed by atoms with Crippen molar-refractivity contribution >= 4 is 17.3 Å². The number of pyridine rings is 1. The zero-order valence-corrected chi connectivity index (χ0v) is 16.1. The molecule has 3 rings (SSSR count). The second-order valence-electron chi connectivity index (χ2n) is 6.38. The van der Waals surface area contributed by atoms with E-state index in [9.17, 15) is 0 Å². The number of rotatable bonds is 6. The van der Waals surface area contributed by atoms with Crippen molar-refractivity contribution in [3.8, 4) is 0 Å². The minimum absolute atomic E-state index is 0.0602. The average Bonchev–Trinajstić information content (AvgIpc) is 3.10. The van der Waals surface area contributed by atoms with E-state index < -0.39 is 0 Å². The van der Waals surface area contributed by atoms with Crippen LogP contribution in [-0.4, -0.2) is 39.8 Å². The van der Waals surface area contributed by atoms with E-state index in [1.807, 2.05) is 18.3 Å². The van der Waals surface area contributed by atoms with Gasteiger partial charge in [0.15, 0.2) is 5.11 Å². The first kappa shape index (κ1) is 17.9. The number of ether oxygens (including phenoxy) is 1. The Morgan fingerprint density at radius 3 is 2.76 bits per heavy atom. The molecule has 0 bridgehead atoms. The topological polar surface area (TPSA) is 42.3 Å². The zero-order chi connectivity index (χ0) is 18.0. The van der Waals surface area contributed by atoms with Crippen LogP contribution in [0.3, 0.4) is 0 Å². The Morgan fingerprint density at radius 2 is 2.12 bits per heavy atom. The van der Waals surface area contributed by atoms with Crippen molar-refractivity contribution < 1.29 is 4.74 Å². The molecule has 0 amide bonds. The molecular weight excluding hydrogens is 332 g/mol. The average molecular weight is 359 g/mol. The van der Waals surface area contributed by atoms with Crippen molar-refractivity contribution in [3.05, 3.63) is 53.1 Å². The highest BCUT2D eigenvalue weighted by Crippen LogP contribution is 2.40. The summed E-state index contributed by atoms with van der Waals surface area (Å²) in [5.41, 5.74) is 4.84. The fourth-order valence-corrected chi connectivity index (χ4v) is 4.11. The fraction of sp³-hybridized carbons (Fsp3) is 0.474. The summed E-state index contributed by atoms with van der Waals surface area (Å²) < 4.78 is 7.59. The molecule has 2 aromatic rings. The van der Waals surface area contributed by atoms with Crippen LogP contribution in [0.25, 0.3) is 0 Å². The normalized spacial score (nSPS) is 20.2. The van der Waals surface area contributed by atoms with Crippen LogP contribution in [-0.2, 0) is 11.3 Å². The molecule has 0 saturated carbocycles. The molecule has 1 aliphatic rings. The number of nitrogens with one attached hydrogen (secondary N) is 1. The number of likely N-dealkylation sites (N-methyl/N-ethyl adjacent to an activating group) is 1. The van der Waals surface area contributed by atoms with Gasteiger partial charge >= 0.3 is 0 Å². The summed E-state index contributed by atoms with van der Waals surface area (Å²) in [6.07, 6.45) is 1.84. The number of thiocarbonyl (C=S) groups is 1. The second kappa shape index (κ2) is 7.54. The third-order valence-corrected chi connectivity index (χ3v) is 5.34. The first-order valence-electron chi connectivity index (χ1n) is 8.72. The largest absolute Gasteiger partial charge is 0.383 e. The van der Waals surface area contributed by atoms with Crippen LogP contribution in [0.1, 0.15) is 41.7 Å². The van der Waals surface area contributed by atoms with Gasteiger partial charge in [-0.2, -0.15) is 0 Å². The van der Waals surface area contributed by atoms with Crippen molar-refractivity contribution in [2.75, 3.05) is 20.3 Å². The summed E-state index contributed by atoms with van der Waals surface area (Å²) in [5.74, 6) is 0. The van der Waals surface area contributed by atoms with Gasteiger partial charge < -0.3 is 19.5 Å². The highest BCUT2D eigenvalue weighted by Gasteiger charge is 2.40. The quantitative estimate of drug-likeness (QED) is 0.804. The molecule has 134 valence electrons. The predicted octanol–water partition coefficient (Wildman–Crippen LogP) is 3.14. The van der Waals surface area contributed by atoms with E-state index in [1.165, 1.54) is 17.0 Å². The third-order valence-electron chi connectivity index (χ3n) is 4.99. The summed E-state index contributed by atoms with van der Waals surface area (Å²) in [4.78, 5) is 6.83. The first-order chi connectivity index (χ1) is 12.1. The number of nitrogens with zero attached hydrogens (tertiary/aromatic N) is 3. The van der Waals surface area contributed by atoms with Crippen molar-refractivity contribution in [2.24, 2.45) is 0 Å². The second-order valence-corrected chi connectivity index (χ2v) is 6.77. The lowest BCUT2D eigenvalue weighted by atomic mass is 9.97. The number of hydrogen-bond acceptors (Lipinski definition) is 3. The van der Waals surface area contributed by atoms with E-state index in [-0.39, 0.29) is 12.1 Å². The van der Waals surface area contributed by atoms with E-state index >= 15 is 0 Å². The van der Waals surface area contributed by atoms with Crippen molar-refractivity contribution in [2.45, 2.75) is 39.4 Å². The van der Waals surface area contributed by atoms with Crippen LogP contribution < -0.4 is 5.32 Å². The van der Waals surface area contributed by atoms with Gasteiger partial charge in [0.2, 0.25) is 0 Å². The van der Waals surface area contributed by atoms with Crippen molar-refractivity contribution in [1.29, 1.82) is 0 Å². The van der Waals surface area contributed by atoms with Gasteiger partial charge in [-0.1, -0.05) is 6.07 Å². The molecule has 1 aliphatic heterocycles. The maximum Gasteiger partial charge on any atom is 0.170 e. The van der Waals surface area contributed by atoms with E-state index in [2.05, 4.69) is 52.7 Å². The minimum Gasteiger partial charge on any atom is -0.383 e. The van der Waals surface area contributed by atoms with Crippen LogP contribution in [0.2, 0.25) is 0 Å². The van der Waals surface area contributed by atoms with Crippen molar-refractivity contribution in [3.63, 3.8) is 0 Å². The molecule has 0 spiro atoms. The van der Waals surface area contributed by atoms with Crippen molar-refractivity contribution in [1.82, 2.24) is 19.8 Å². The molecule has 0 radical (unpaired) electrons. The predicted molar refractivity (Wildman–Crippen MR) is 104 cm³/mol. The van der Waals surface area contributed by atoms with Gasteiger partial charge in [-0.15, -0.1) is 0 Å². The summed E-state index contributed by atoms with van der Waals surface area (Å²) in [6.45, 7) is 8.91. The molecule has 2 aromatic heterocycles. The van der Waals surface area contributed by atoms with Gasteiger partial charge in [0, 0.05) is 37.8 Å². The monoisotopic (exact) mass is 358 g/mol. The van der Waals surface area contributed by atoms with Gasteiger partial charge in [0.1, 0.15) is 0 Å². The van der Waals surface area contributed by atoms with E-state index in [1.54, 1.807) is 7.11 Å². The summed E-state index contributed by atoms with van der Waals surface area (Å²) in [7, 11) is 1.74. The molecule has 6 heteroatoms. The maximum absolute atomic E-state index is 5.61. The Balaban J connectivity index is 2.03. The lowest BCUT2D eigenvalue weighted by molar-refractivity contribution is 0.186. The number of aromatic nitrogens is 2. The number of aryl methyl sites for hydroxylation is 1. The van der Waals surface area contributed by atoms with Crippen LogP contribution in [0.15, 0.2) is 30.5 Å². The standard InChI is InChI=1S/C19H26N4OS/c1-5-22-18(15-12-13(2)23(14(15)3)10-11-24-4)17(21-19(22)25)16-8-6-7-9-20-16/h6-9,12,17-18H,5,10-11H2,1-4H3,(H,21,25)/t17-,18+/m0/s1. The van der Waals surface area contributed by atoms with Gasteiger partial charge in [0.25, 0.3) is 0 Å². The Labute approximate surface area is 155 Å². The molecule has 25 heavy (non-hydrogen) atoms. The highest BCUT2D eigenvalue weighted by atomic mass is 32.1. The molecule has 0 aliphatic carbocycles. The van der Waals surface area contributed by atoms with E-state index in [0.29, 0.717) is 6.61 Å². The Kier molecular flexibility index (Phi) is 5.39. The van der Waals surface area contributed by atoms with Gasteiger partial charge in [-0.05, 0) is 56.8 Å². The lowest BCUT2D eigenvalue weighted by Crippen LogP contribution is -2.29. The van der Waals surface area contributed by atoms with Crippen LogP contribution >= 0.6 is 12.2 Å². The van der Waals surface area contributed by atoms with E-state index in [0.717, 1.165) is 23.9 Å². The molecular formula is C19H26N4OS. The third kappa shape index (κ3) is 3.28. The summed E-state index contributed by atoms with van der Waals surface area (Å²) in [5, 5.41) is 4.28. The smallest absolute Gasteiger partial charge is 0.170 e. The van der Waals surface area contributed by atoms with Crippen LogP contribution in [0.4, 0.5) is 0 Å². The highest BCUT2D eigenvalue weighted by molar-refractivity contribution is 7.80. The molecule has 3 heterocycles. The molecule has 0 aromatic carbocycles. The lowest BCUT2D eigenvalue weighted by Gasteiger charge is -2.27. The fourth-order valence-electron chi connectivity index (χ4n) is 3.74. The first-order valence-corrected chi connectivity index (χ1v) is 9.13. The molecule has 5 nitrogen and oxygen atoms in total. The van der Waals surface area contributed by atoms with Gasteiger partial charge in [0.05, 0.1) is 24.4 Å². The molecule has 0 unspecified atom stereocenters. The van der Waals surface area contributed by atoms with Gasteiger partial charge in [-0.25, -0.2) is 0 Å². The number of methoxy groups -OCH3 is 1. The molecule has 1 N–H and O–H groups in total. The summed E-state index contributed by atoms with van der Waals surface area (Å²) >= 11 is 5.61.